The largest absolute Gasteiger partial charge is 0.478 e. The minimum absolute atomic E-state index is 0.263. The van der Waals surface area contributed by atoms with Crippen molar-refractivity contribution in [3.05, 3.63) is 18.0 Å². The standard InChI is InChI=1S/C9H13N3O2/c1-11-3-2-8(6-11)12-5-7(4-10-12)9(13)14/h4-5,8H,2-3,6H2,1H3,(H,13,14)/t8-/m0/s1. The van der Waals surface area contributed by atoms with Crippen molar-refractivity contribution in [1.29, 1.82) is 0 Å². The molecule has 1 aromatic rings. The number of rotatable bonds is 2. The molecule has 0 bridgehead atoms. The van der Waals surface area contributed by atoms with Crippen LogP contribution in [-0.4, -0.2) is 45.9 Å². The SMILES string of the molecule is CN1CC[C@H](n2cc(C(=O)O)cn2)C1. The van der Waals surface area contributed by atoms with E-state index in [0.717, 1.165) is 19.5 Å². The maximum absolute atomic E-state index is 10.6. The van der Waals surface area contributed by atoms with Crippen LogP contribution < -0.4 is 0 Å². The van der Waals surface area contributed by atoms with Crippen molar-refractivity contribution in [3.63, 3.8) is 0 Å². The molecule has 0 saturated carbocycles. The Labute approximate surface area is 81.9 Å². The molecule has 1 N–H and O–H groups in total. The van der Waals surface area contributed by atoms with Crippen LogP contribution in [0.3, 0.4) is 0 Å². The summed E-state index contributed by atoms with van der Waals surface area (Å²) in [6.07, 6.45) is 4.05. The average Bonchev–Trinajstić information content (AvgIpc) is 2.70. The zero-order chi connectivity index (χ0) is 10.1. The highest BCUT2D eigenvalue weighted by molar-refractivity contribution is 5.86. The molecule has 0 aliphatic carbocycles. The van der Waals surface area contributed by atoms with Gasteiger partial charge in [-0.05, 0) is 20.0 Å². The number of aromatic carboxylic acids is 1. The van der Waals surface area contributed by atoms with E-state index in [1.807, 2.05) is 0 Å². The lowest BCUT2D eigenvalue weighted by Crippen LogP contribution is -2.16. The Balaban J connectivity index is 2.13. The van der Waals surface area contributed by atoms with Crippen molar-refractivity contribution in [2.24, 2.45) is 0 Å². The molecule has 1 aliphatic heterocycles. The van der Waals surface area contributed by atoms with Crippen LogP contribution >= 0.6 is 0 Å². The Kier molecular flexibility index (Phi) is 2.25. The fraction of sp³-hybridized carbons (Fsp3) is 0.556. The lowest BCUT2D eigenvalue weighted by atomic mass is 10.3. The van der Waals surface area contributed by atoms with Crippen molar-refractivity contribution < 1.29 is 9.90 Å². The summed E-state index contributed by atoms with van der Waals surface area (Å²) in [6.45, 7) is 1.99. The van der Waals surface area contributed by atoms with Crippen molar-refractivity contribution in [2.45, 2.75) is 12.5 Å². The van der Waals surface area contributed by atoms with Gasteiger partial charge in [0.05, 0.1) is 17.8 Å². The first-order chi connectivity index (χ1) is 6.66. The van der Waals surface area contributed by atoms with Gasteiger partial charge in [-0.15, -0.1) is 0 Å². The molecule has 14 heavy (non-hydrogen) atoms. The minimum Gasteiger partial charge on any atom is -0.478 e. The zero-order valence-corrected chi connectivity index (χ0v) is 8.05. The molecular formula is C9H13N3O2. The topological polar surface area (TPSA) is 58.4 Å². The van der Waals surface area contributed by atoms with Gasteiger partial charge in [0.25, 0.3) is 0 Å². The first-order valence-electron chi connectivity index (χ1n) is 4.63. The predicted octanol–water partition coefficient (Wildman–Crippen LogP) is 0.458. The molecular weight excluding hydrogens is 182 g/mol. The second kappa shape index (κ2) is 3.42. The summed E-state index contributed by atoms with van der Waals surface area (Å²) in [7, 11) is 2.06. The highest BCUT2D eigenvalue weighted by Gasteiger charge is 2.22. The Morgan fingerprint density at radius 2 is 2.50 bits per heavy atom. The highest BCUT2D eigenvalue weighted by atomic mass is 16.4. The monoisotopic (exact) mass is 195 g/mol. The molecule has 0 radical (unpaired) electrons. The van der Waals surface area contributed by atoms with Crippen LogP contribution in [0.2, 0.25) is 0 Å². The van der Waals surface area contributed by atoms with Crippen LogP contribution in [0, 0.1) is 0 Å². The van der Waals surface area contributed by atoms with E-state index in [0.29, 0.717) is 6.04 Å². The normalized spacial score (nSPS) is 22.8. The number of likely N-dealkylation sites (N-methyl/N-ethyl adjacent to an activating group) is 1. The second-order valence-electron chi connectivity index (χ2n) is 3.72. The lowest BCUT2D eigenvalue weighted by Gasteiger charge is -2.10. The third kappa shape index (κ3) is 1.63. The third-order valence-corrected chi connectivity index (χ3v) is 2.59. The molecule has 2 heterocycles. The van der Waals surface area contributed by atoms with Crippen LogP contribution in [-0.2, 0) is 0 Å². The van der Waals surface area contributed by atoms with Gasteiger partial charge in [0.1, 0.15) is 0 Å². The predicted molar refractivity (Wildman–Crippen MR) is 50.3 cm³/mol. The Morgan fingerprint density at radius 1 is 1.71 bits per heavy atom. The van der Waals surface area contributed by atoms with Crippen LogP contribution in [0.15, 0.2) is 12.4 Å². The molecule has 5 nitrogen and oxygen atoms in total. The van der Waals surface area contributed by atoms with E-state index in [2.05, 4.69) is 17.0 Å². The van der Waals surface area contributed by atoms with Gasteiger partial charge in [0.15, 0.2) is 0 Å². The summed E-state index contributed by atoms with van der Waals surface area (Å²) in [5, 5.41) is 12.8. The summed E-state index contributed by atoms with van der Waals surface area (Å²) >= 11 is 0. The summed E-state index contributed by atoms with van der Waals surface area (Å²) < 4.78 is 1.76. The highest BCUT2D eigenvalue weighted by Crippen LogP contribution is 2.19. The maximum atomic E-state index is 10.6. The van der Waals surface area contributed by atoms with E-state index in [9.17, 15) is 4.79 Å². The first-order valence-corrected chi connectivity index (χ1v) is 4.63. The number of carboxylic acids is 1. The molecule has 1 fully saturated rings. The molecule has 1 aromatic heterocycles. The third-order valence-electron chi connectivity index (χ3n) is 2.59. The summed E-state index contributed by atoms with van der Waals surface area (Å²) in [6, 6.07) is 0.327. The molecule has 1 atom stereocenters. The van der Waals surface area contributed by atoms with Gasteiger partial charge in [-0.3, -0.25) is 4.68 Å². The summed E-state index contributed by atoms with van der Waals surface area (Å²) in [4.78, 5) is 12.8. The zero-order valence-electron chi connectivity index (χ0n) is 8.05. The minimum atomic E-state index is -0.914. The lowest BCUT2D eigenvalue weighted by molar-refractivity contribution is 0.0696. The molecule has 0 aromatic carbocycles. The van der Waals surface area contributed by atoms with Crippen LogP contribution in [0.4, 0.5) is 0 Å². The summed E-state index contributed by atoms with van der Waals surface area (Å²) in [5.41, 5.74) is 0.263. The molecule has 0 amide bonds. The molecule has 5 heteroatoms. The second-order valence-corrected chi connectivity index (χ2v) is 3.72. The van der Waals surface area contributed by atoms with Crippen molar-refractivity contribution in [1.82, 2.24) is 14.7 Å². The molecule has 76 valence electrons. The molecule has 2 rings (SSSR count). The Morgan fingerprint density at radius 3 is 3.00 bits per heavy atom. The number of hydrogen-bond donors (Lipinski definition) is 1. The molecule has 0 spiro atoms. The van der Waals surface area contributed by atoms with E-state index < -0.39 is 5.97 Å². The number of likely N-dealkylation sites (tertiary alicyclic amines) is 1. The van der Waals surface area contributed by atoms with E-state index >= 15 is 0 Å². The fourth-order valence-electron chi connectivity index (χ4n) is 1.78. The summed E-state index contributed by atoms with van der Waals surface area (Å²) in [5.74, 6) is -0.914. The van der Waals surface area contributed by atoms with Gasteiger partial charge in [-0.25, -0.2) is 4.79 Å². The first kappa shape index (κ1) is 9.21. The van der Waals surface area contributed by atoms with Gasteiger partial charge in [0.2, 0.25) is 0 Å². The van der Waals surface area contributed by atoms with Gasteiger partial charge >= 0.3 is 5.97 Å². The smallest absolute Gasteiger partial charge is 0.338 e. The number of nitrogens with zero attached hydrogens (tertiary/aromatic N) is 3. The van der Waals surface area contributed by atoms with Crippen molar-refractivity contribution >= 4 is 5.97 Å². The molecule has 0 unspecified atom stereocenters. The Hall–Kier alpha value is -1.36. The van der Waals surface area contributed by atoms with Crippen molar-refractivity contribution in [2.75, 3.05) is 20.1 Å². The van der Waals surface area contributed by atoms with E-state index in [4.69, 9.17) is 5.11 Å². The fourth-order valence-corrected chi connectivity index (χ4v) is 1.78. The Bertz CT molecular complexity index is 348. The quantitative estimate of drug-likeness (QED) is 0.744. The van der Waals surface area contributed by atoms with Crippen LogP contribution in [0.5, 0.6) is 0 Å². The van der Waals surface area contributed by atoms with Gasteiger partial charge in [-0.2, -0.15) is 5.10 Å². The number of carbonyl (C=O) groups is 1. The average molecular weight is 195 g/mol. The van der Waals surface area contributed by atoms with Crippen LogP contribution in [0.25, 0.3) is 0 Å². The van der Waals surface area contributed by atoms with Crippen LogP contribution in [0.1, 0.15) is 22.8 Å². The van der Waals surface area contributed by atoms with E-state index in [1.165, 1.54) is 6.20 Å². The van der Waals surface area contributed by atoms with Gasteiger partial charge in [-0.1, -0.05) is 0 Å². The number of aromatic nitrogens is 2. The number of carboxylic acid groups (broad SMARTS) is 1. The number of hydrogen-bond acceptors (Lipinski definition) is 3. The van der Waals surface area contributed by atoms with E-state index in [-0.39, 0.29) is 5.56 Å². The van der Waals surface area contributed by atoms with Gasteiger partial charge in [0, 0.05) is 12.7 Å². The van der Waals surface area contributed by atoms with Crippen molar-refractivity contribution in [3.8, 4) is 0 Å². The maximum Gasteiger partial charge on any atom is 0.338 e. The van der Waals surface area contributed by atoms with E-state index in [1.54, 1.807) is 10.9 Å². The van der Waals surface area contributed by atoms with Gasteiger partial charge < -0.3 is 10.0 Å². The molecule has 1 saturated heterocycles. The molecule has 1 aliphatic rings.